The topological polar surface area (TPSA) is 82.4 Å². The molecule has 0 radical (unpaired) electrons. The number of urea groups is 1. The second-order valence-corrected chi connectivity index (χ2v) is 4.51. The van der Waals surface area contributed by atoms with Crippen LogP contribution in [0, 0.1) is 11.3 Å². The number of imide groups is 1. The number of nitrogens with zero attached hydrogens (tertiary/aromatic N) is 2. The first-order chi connectivity index (χ1) is 9.88. The molecule has 0 aromatic heterocycles. The molecule has 1 fully saturated rings. The maximum atomic E-state index is 12.2. The van der Waals surface area contributed by atoms with Crippen LogP contribution in [-0.2, 0) is 10.3 Å². The number of carbonyl (C=O) groups excluding carboxylic acids is 2. The molecule has 2 rings (SSSR count). The Morgan fingerprint density at radius 2 is 2.00 bits per heavy atom. The van der Waals surface area contributed by atoms with Gasteiger partial charge in [0.05, 0.1) is 6.07 Å². The first kappa shape index (κ1) is 14.7. The molecule has 0 saturated carbocycles. The lowest BCUT2D eigenvalue weighted by molar-refractivity contribution is -0.130. The van der Waals surface area contributed by atoms with Gasteiger partial charge < -0.3 is 10.1 Å². The number of hydrogen-bond acceptors (Lipinski definition) is 4. The Hall–Kier alpha value is -2.69. The Balaban J connectivity index is 2.27. The number of nitrogens with one attached hydrogen (secondary N) is 1. The molecule has 1 unspecified atom stereocenters. The lowest BCUT2D eigenvalue weighted by atomic mass is 9.92. The first-order valence-electron chi connectivity index (χ1n) is 5.95. The van der Waals surface area contributed by atoms with Crippen LogP contribution in [0.2, 0.25) is 0 Å². The third-order valence-corrected chi connectivity index (χ3v) is 3.16. The fraction of sp³-hybridized carbons (Fsp3) is 0.308. The van der Waals surface area contributed by atoms with Crippen molar-refractivity contribution in [3.05, 3.63) is 29.8 Å². The van der Waals surface area contributed by atoms with Gasteiger partial charge in [-0.2, -0.15) is 14.0 Å². The highest BCUT2D eigenvalue weighted by atomic mass is 19.3. The van der Waals surface area contributed by atoms with E-state index in [0.717, 1.165) is 4.90 Å². The number of hydrogen-bond donors (Lipinski definition) is 1. The molecule has 1 saturated heterocycles. The van der Waals surface area contributed by atoms with Crippen LogP contribution < -0.4 is 10.1 Å². The van der Waals surface area contributed by atoms with E-state index in [9.17, 15) is 18.4 Å². The summed E-state index contributed by atoms with van der Waals surface area (Å²) >= 11 is 0. The van der Waals surface area contributed by atoms with Crippen LogP contribution in [0.3, 0.4) is 0 Å². The summed E-state index contributed by atoms with van der Waals surface area (Å²) in [4.78, 5) is 24.7. The highest BCUT2D eigenvalue weighted by Crippen LogP contribution is 2.30. The van der Waals surface area contributed by atoms with Gasteiger partial charge in [-0.1, -0.05) is 12.1 Å². The summed E-state index contributed by atoms with van der Waals surface area (Å²) in [5.74, 6) is -0.625. The Kier molecular flexibility index (Phi) is 3.76. The molecule has 6 nitrogen and oxygen atoms in total. The molecule has 1 N–H and O–H groups in total. The summed E-state index contributed by atoms with van der Waals surface area (Å²) in [6.45, 7) is -1.81. The molecule has 1 heterocycles. The highest BCUT2D eigenvalue weighted by Gasteiger charge is 2.48. The summed E-state index contributed by atoms with van der Waals surface area (Å²) < 4.78 is 28.4. The quantitative estimate of drug-likeness (QED) is 0.675. The zero-order valence-electron chi connectivity index (χ0n) is 11.0. The minimum atomic E-state index is -2.94. The van der Waals surface area contributed by atoms with Crippen LogP contribution in [0.15, 0.2) is 24.3 Å². The molecular weight excluding hydrogens is 284 g/mol. The van der Waals surface area contributed by atoms with Gasteiger partial charge in [0.2, 0.25) is 0 Å². The molecule has 110 valence electrons. The number of carbonyl (C=O) groups is 2. The van der Waals surface area contributed by atoms with Crippen molar-refractivity contribution in [3.63, 3.8) is 0 Å². The monoisotopic (exact) mass is 295 g/mol. The van der Waals surface area contributed by atoms with Crippen LogP contribution >= 0.6 is 0 Å². The Labute approximate surface area is 118 Å². The maximum Gasteiger partial charge on any atom is 0.387 e. The predicted octanol–water partition coefficient (Wildman–Crippen LogP) is 1.58. The number of benzene rings is 1. The van der Waals surface area contributed by atoms with E-state index < -0.39 is 24.1 Å². The van der Waals surface area contributed by atoms with Crippen LogP contribution in [-0.4, -0.2) is 30.0 Å². The first-order valence-corrected chi connectivity index (χ1v) is 5.95. The van der Waals surface area contributed by atoms with Crippen LogP contribution in [0.5, 0.6) is 5.75 Å². The van der Waals surface area contributed by atoms with Crippen molar-refractivity contribution in [1.82, 2.24) is 10.2 Å². The molecule has 1 aromatic rings. The summed E-state index contributed by atoms with van der Waals surface area (Å²) in [5.41, 5.74) is -0.931. The molecule has 0 bridgehead atoms. The summed E-state index contributed by atoms with van der Waals surface area (Å²) in [5, 5.41) is 11.1. The van der Waals surface area contributed by atoms with E-state index in [2.05, 4.69) is 10.1 Å². The fourth-order valence-corrected chi connectivity index (χ4v) is 2.08. The maximum absolute atomic E-state index is 12.2. The second-order valence-electron chi connectivity index (χ2n) is 4.51. The van der Waals surface area contributed by atoms with Crippen LogP contribution in [0.4, 0.5) is 13.6 Å². The predicted molar refractivity (Wildman–Crippen MR) is 66.3 cm³/mol. The van der Waals surface area contributed by atoms with E-state index in [4.69, 9.17) is 5.26 Å². The van der Waals surface area contributed by atoms with Gasteiger partial charge in [-0.15, -0.1) is 0 Å². The van der Waals surface area contributed by atoms with Crippen molar-refractivity contribution >= 4 is 11.9 Å². The minimum absolute atomic E-state index is 0.0528. The second kappa shape index (κ2) is 5.36. The zero-order valence-corrected chi connectivity index (χ0v) is 11.0. The van der Waals surface area contributed by atoms with Gasteiger partial charge in [-0.3, -0.25) is 4.79 Å². The van der Waals surface area contributed by atoms with E-state index in [1.165, 1.54) is 31.2 Å². The van der Waals surface area contributed by atoms with Crippen molar-refractivity contribution < 1.29 is 23.1 Å². The number of amides is 3. The summed E-state index contributed by atoms with van der Waals surface area (Å²) in [6, 6.07) is 6.43. The van der Waals surface area contributed by atoms with Gasteiger partial charge in [0.25, 0.3) is 5.91 Å². The van der Waals surface area contributed by atoms with Crippen molar-refractivity contribution in [2.24, 2.45) is 0 Å². The molecule has 8 heteroatoms. The van der Waals surface area contributed by atoms with Gasteiger partial charge in [0.15, 0.2) is 0 Å². The standard InChI is InChI=1S/C13H11F2N3O3/c1-13(10(19)18(7-6-16)12(20)17-13)8-2-4-9(5-3-8)21-11(14)15/h2-5,11H,7H2,1H3,(H,17,20). The number of alkyl halides is 2. The number of rotatable bonds is 4. The molecule has 3 amide bonds. The van der Waals surface area contributed by atoms with E-state index in [1.54, 1.807) is 6.07 Å². The van der Waals surface area contributed by atoms with Gasteiger partial charge >= 0.3 is 12.6 Å². The fourth-order valence-electron chi connectivity index (χ4n) is 2.08. The molecule has 0 spiro atoms. The molecule has 1 atom stereocenters. The van der Waals surface area contributed by atoms with Crippen molar-refractivity contribution in [3.8, 4) is 11.8 Å². The van der Waals surface area contributed by atoms with E-state index in [-0.39, 0.29) is 12.3 Å². The average molecular weight is 295 g/mol. The molecule has 1 aliphatic heterocycles. The summed E-state index contributed by atoms with van der Waals surface area (Å²) in [7, 11) is 0. The minimum Gasteiger partial charge on any atom is -0.435 e. The van der Waals surface area contributed by atoms with Gasteiger partial charge in [0, 0.05) is 0 Å². The van der Waals surface area contributed by atoms with Gasteiger partial charge in [-0.25, -0.2) is 9.69 Å². The largest absolute Gasteiger partial charge is 0.435 e. The van der Waals surface area contributed by atoms with Gasteiger partial charge in [0.1, 0.15) is 17.8 Å². The molecule has 1 aliphatic rings. The number of ether oxygens (including phenoxy) is 1. The molecular formula is C13H11F2N3O3. The van der Waals surface area contributed by atoms with Crippen LogP contribution in [0.1, 0.15) is 12.5 Å². The third kappa shape index (κ3) is 2.63. The van der Waals surface area contributed by atoms with Crippen molar-refractivity contribution in [2.45, 2.75) is 19.1 Å². The highest BCUT2D eigenvalue weighted by molar-refractivity contribution is 6.07. The normalized spacial score (nSPS) is 21.4. The van der Waals surface area contributed by atoms with Gasteiger partial charge in [-0.05, 0) is 24.6 Å². The van der Waals surface area contributed by atoms with E-state index in [1.807, 2.05) is 0 Å². The average Bonchev–Trinajstić information content (AvgIpc) is 2.64. The van der Waals surface area contributed by atoms with Crippen molar-refractivity contribution in [1.29, 1.82) is 5.26 Å². The van der Waals surface area contributed by atoms with E-state index in [0.29, 0.717) is 5.56 Å². The van der Waals surface area contributed by atoms with Crippen LogP contribution in [0.25, 0.3) is 0 Å². The van der Waals surface area contributed by atoms with Crippen molar-refractivity contribution in [2.75, 3.05) is 6.54 Å². The smallest absolute Gasteiger partial charge is 0.387 e. The Morgan fingerprint density at radius 3 is 2.52 bits per heavy atom. The SMILES string of the molecule is CC1(c2ccc(OC(F)F)cc2)NC(=O)N(CC#N)C1=O. The molecule has 21 heavy (non-hydrogen) atoms. The Morgan fingerprint density at radius 1 is 1.38 bits per heavy atom. The van der Waals surface area contributed by atoms with E-state index >= 15 is 0 Å². The molecule has 0 aliphatic carbocycles. The summed E-state index contributed by atoms with van der Waals surface area (Å²) in [6.07, 6.45) is 0. The molecule has 1 aromatic carbocycles. The lowest BCUT2D eigenvalue weighted by Gasteiger charge is -2.22. The third-order valence-electron chi connectivity index (χ3n) is 3.16. The number of halogens is 2. The lowest BCUT2D eigenvalue weighted by Crippen LogP contribution is -2.40. The number of nitriles is 1. The zero-order chi connectivity index (χ0) is 15.6. The Bertz CT molecular complexity index is 612.